The van der Waals surface area contributed by atoms with Gasteiger partial charge in [-0.3, -0.25) is 0 Å². The number of anilines is 5. The van der Waals surface area contributed by atoms with Crippen molar-refractivity contribution in [3.05, 3.63) is 60.7 Å². The standard InChI is InChI=1S/C27H33N7O5/c28-10-12-37-14-16-39-17-15-38-13-11-29-25-32-26(30-19-4-3-5-20(35)18-19)34-27(33-25)31-23-8-9-24(36)22-7-2-1-6-21(22)23/h1-9,18,35-36H,10-17,28H2,(H3,29,30,31,32,33,34). The summed E-state index contributed by atoms with van der Waals surface area (Å²) in [6.45, 7) is 3.80. The van der Waals surface area contributed by atoms with Crippen molar-refractivity contribution in [3.63, 3.8) is 0 Å². The van der Waals surface area contributed by atoms with E-state index in [0.29, 0.717) is 69.8 Å². The fourth-order valence-corrected chi connectivity index (χ4v) is 3.65. The predicted molar refractivity (Wildman–Crippen MR) is 150 cm³/mol. The molecule has 0 saturated heterocycles. The molecule has 12 nitrogen and oxygen atoms in total. The fourth-order valence-electron chi connectivity index (χ4n) is 3.65. The summed E-state index contributed by atoms with van der Waals surface area (Å²) in [6, 6.07) is 17.5. The van der Waals surface area contributed by atoms with Gasteiger partial charge in [-0.1, -0.05) is 30.3 Å². The Hall–Kier alpha value is -4.23. The Balaban J connectivity index is 1.39. The molecule has 12 heteroatoms. The zero-order chi connectivity index (χ0) is 27.3. The molecule has 0 bridgehead atoms. The normalized spacial score (nSPS) is 11.0. The second-order valence-electron chi connectivity index (χ2n) is 8.34. The quantitative estimate of drug-likeness (QED) is 0.0915. The van der Waals surface area contributed by atoms with Gasteiger partial charge < -0.3 is 46.1 Å². The molecule has 1 heterocycles. The molecule has 39 heavy (non-hydrogen) atoms. The van der Waals surface area contributed by atoms with Crippen molar-refractivity contribution < 1.29 is 24.4 Å². The van der Waals surface area contributed by atoms with Crippen LogP contribution in [0.3, 0.4) is 0 Å². The van der Waals surface area contributed by atoms with E-state index in [9.17, 15) is 10.2 Å². The highest BCUT2D eigenvalue weighted by Crippen LogP contribution is 2.32. The van der Waals surface area contributed by atoms with Gasteiger partial charge >= 0.3 is 0 Å². The zero-order valence-electron chi connectivity index (χ0n) is 21.5. The smallest absolute Gasteiger partial charge is 0.233 e. The van der Waals surface area contributed by atoms with Crippen LogP contribution in [0.5, 0.6) is 11.5 Å². The molecule has 0 radical (unpaired) electrons. The van der Waals surface area contributed by atoms with Gasteiger partial charge in [-0.15, -0.1) is 0 Å². The molecule has 0 unspecified atom stereocenters. The van der Waals surface area contributed by atoms with Crippen LogP contribution in [0.25, 0.3) is 10.8 Å². The molecule has 206 valence electrons. The van der Waals surface area contributed by atoms with E-state index in [1.807, 2.05) is 24.3 Å². The number of nitrogens with two attached hydrogens (primary N) is 1. The third-order valence-electron chi connectivity index (χ3n) is 5.42. The maximum Gasteiger partial charge on any atom is 0.233 e. The summed E-state index contributed by atoms with van der Waals surface area (Å²) in [6.07, 6.45) is 0. The molecule has 0 fully saturated rings. The lowest BCUT2D eigenvalue weighted by atomic mass is 10.1. The minimum absolute atomic E-state index is 0.116. The molecule has 0 spiro atoms. The lowest BCUT2D eigenvalue weighted by molar-refractivity contribution is 0.0179. The van der Waals surface area contributed by atoms with E-state index < -0.39 is 0 Å². The summed E-state index contributed by atoms with van der Waals surface area (Å²) in [4.78, 5) is 13.4. The van der Waals surface area contributed by atoms with E-state index in [2.05, 4.69) is 30.9 Å². The summed E-state index contributed by atoms with van der Waals surface area (Å²) in [5, 5.41) is 31.0. The lowest BCUT2D eigenvalue weighted by Gasteiger charge is -2.13. The highest BCUT2D eigenvalue weighted by atomic mass is 16.5. The fraction of sp³-hybridized carbons (Fsp3) is 0.296. The SMILES string of the molecule is NCCOCCOCCOCCNc1nc(Nc2cccc(O)c2)nc(Nc2ccc(O)c3ccccc23)n1. The molecular formula is C27H33N7O5. The molecule has 7 N–H and O–H groups in total. The number of phenols is 2. The van der Waals surface area contributed by atoms with Crippen molar-refractivity contribution in [1.29, 1.82) is 0 Å². The minimum Gasteiger partial charge on any atom is -0.508 e. The van der Waals surface area contributed by atoms with E-state index in [1.54, 1.807) is 36.4 Å². The number of phenolic OH excluding ortho intramolecular Hbond substituents is 2. The maximum atomic E-state index is 10.2. The van der Waals surface area contributed by atoms with E-state index in [0.717, 1.165) is 11.1 Å². The first kappa shape index (κ1) is 27.8. The number of fused-ring (bicyclic) bond motifs is 1. The van der Waals surface area contributed by atoms with E-state index in [4.69, 9.17) is 19.9 Å². The molecule has 0 aliphatic rings. The van der Waals surface area contributed by atoms with E-state index in [1.165, 1.54) is 0 Å². The molecule has 1 aromatic heterocycles. The number of aromatic hydroxyl groups is 2. The van der Waals surface area contributed by atoms with Gasteiger partial charge in [0.25, 0.3) is 0 Å². The molecule has 0 amide bonds. The Morgan fingerprint density at radius 3 is 2.08 bits per heavy atom. The van der Waals surface area contributed by atoms with Crippen LogP contribution < -0.4 is 21.7 Å². The summed E-state index contributed by atoms with van der Waals surface area (Å²) in [5.74, 6) is 1.19. The second kappa shape index (κ2) is 14.6. The van der Waals surface area contributed by atoms with Crippen molar-refractivity contribution in [2.24, 2.45) is 5.73 Å². The summed E-state index contributed by atoms with van der Waals surface area (Å²) < 4.78 is 16.3. The Labute approximate surface area is 226 Å². The van der Waals surface area contributed by atoms with Crippen LogP contribution in [0.4, 0.5) is 29.2 Å². The Bertz CT molecular complexity index is 1340. The first-order chi connectivity index (χ1) is 19.1. The van der Waals surface area contributed by atoms with Gasteiger partial charge in [0.15, 0.2) is 0 Å². The Morgan fingerprint density at radius 1 is 0.667 bits per heavy atom. The van der Waals surface area contributed by atoms with Gasteiger partial charge in [-0.05, 0) is 24.3 Å². The summed E-state index contributed by atoms with van der Waals surface area (Å²) >= 11 is 0. The third-order valence-corrected chi connectivity index (χ3v) is 5.42. The van der Waals surface area contributed by atoms with Crippen molar-refractivity contribution in [2.45, 2.75) is 0 Å². The number of aromatic nitrogens is 3. The summed E-state index contributed by atoms with van der Waals surface area (Å²) in [5.41, 5.74) is 6.71. The van der Waals surface area contributed by atoms with Gasteiger partial charge in [0.1, 0.15) is 11.5 Å². The van der Waals surface area contributed by atoms with Gasteiger partial charge in [0.2, 0.25) is 17.8 Å². The van der Waals surface area contributed by atoms with Crippen molar-refractivity contribution >= 4 is 40.0 Å². The number of hydrogen-bond acceptors (Lipinski definition) is 12. The van der Waals surface area contributed by atoms with Crippen molar-refractivity contribution in [2.75, 3.05) is 68.7 Å². The summed E-state index contributed by atoms with van der Waals surface area (Å²) in [7, 11) is 0. The Kier molecular flexibility index (Phi) is 10.4. The molecule has 4 rings (SSSR count). The first-order valence-corrected chi connectivity index (χ1v) is 12.6. The molecule has 0 atom stereocenters. The minimum atomic E-state index is 0.116. The number of nitrogens with one attached hydrogen (secondary N) is 3. The topological polar surface area (TPSA) is 169 Å². The molecule has 0 saturated carbocycles. The predicted octanol–water partition coefficient (Wildman–Crippen LogP) is 3.34. The highest BCUT2D eigenvalue weighted by Gasteiger charge is 2.11. The van der Waals surface area contributed by atoms with Gasteiger partial charge in [0, 0.05) is 41.3 Å². The van der Waals surface area contributed by atoms with Crippen LogP contribution in [0.1, 0.15) is 0 Å². The van der Waals surface area contributed by atoms with Crippen LogP contribution in [0.15, 0.2) is 60.7 Å². The van der Waals surface area contributed by atoms with Crippen LogP contribution in [0.2, 0.25) is 0 Å². The Morgan fingerprint density at radius 2 is 1.33 bits per heavy atom. The van der Waals surface area contributed by atoms with Gasteiger partial charge in [-0.2, -0.15) is 15.0 Å². The lowest BCUT2D eigenvalue weighted by Crippen LogP contribution is -2.16. The monoisotopic (exact) mass is 535 g/mol. The average molecular weight is 536 g/mol. The highest BCUT2D eigenvalue weighted by molar-refractivity contribution is 5.98. The molecule has 4 aromatic rings. The van der Waals surface area contributed by atoms with Crippen LogP contribution >= 0.6 is 0 Å². The van der Waals surface area contributed by atoms with E-state index in [-0.39, 0.29) is 23.4 Å². The maximum absolute atomic E-state index is 10.2. The molecular weight excluding hydrogens is 502 g/mol. The van der Waals surface area contributed by atoms with Crippen LogP contribution in [0, 0.1) is 0 Å². The van der Waals surface area contributed by atoms with Crippen molar-refractivity contribution in [1.82, 2.24) is 15.0 Å². The third kappa shape index (κ3) is 8.65. The van der Waals surface area contributed by atoms with Crippen molar-refractivity contribution in [3.8, 4) is 11.5 Å². The molecule has 3 aromatic carbocycles. The second-order valence-corrected chi connectivity index (χ2v) is 8.34. The number of ether oxygens (including phenoxy) is 3. The molecule has 0 aliphatic carbocycles. The molecule has 0 aliphatic heterocycles. The first-order valence-electron chi connectivity index (χ1n) is 12.6. The van der Waals surface area contributed by atoms with E-state index >= 15 is 0 Å². The number of nitrogens with zero attached hydrogens (tertiary/aromatic N) is 3. The average Bonchev–Trinajstić information content (AvgIpc) is 2.93. The number of benzene rings is 3. The number of hydrogen-bond donors (Lipinski definition) is 6. The largest absolute Gasteiger partial charge is 0.508 e. The number of rotatable bonds is 16. The van der Waals surface area contributed by atoms with Gasteiger partial charge in [0.05, 0.1) is 39.6 Å². The zero-order valence-corrected chi connectivity index (χ0v) is 21.5. The van der Waals surface area contributed by atoms with Crippen LogP contribution in [-0.4, -0.2) is 77.9 Å². The van der Waals surface area contributed by atoms with Crippen LogP contribution in [-0.2, 0) is 14.2 Å². The van der Waals surface area contributed by atoms with Gasteiger partial charge in [-0.25, -0.2) is 0 Å².